The van der Waals surface area contributed by atoms with Gasteiger partial charge in [0, 0.05) is 5.56 Å². The fraction of sp³-hybridized carbons (Fsp3) is 0.167. The molecule has 1 aliphatic carbocycles. The van der Waals surface area contributed by atoms with Crippen molar-refractivity contribution in [3.8, 4) is 5.75 Å². The molecule has 1 aromatic carbocycles. The summed E-state index contributed by atoms with van der Waals surface area (Å²) in [5, 5.41) is 19.5. The van der Waals surface area contributed by atoms with Crippen LogP contribution < -0.4 is 11.5 Å². The first-order valence-corrected chi connectivity index (χ1v) is 4.96. The summed E-state index contributed by atoms with van der Waals surface area (Å²) in [6.07, 6.45) is 4.66. The zero-order chi connectivity index (χ0) is 11.8. The van der Waals surface area contributed by atoms with Crippen molar-refractivity contribution in [2.24, 2.45) is 11.5 Å². The van der Waals surface area contributed by atoms with E-state index in [4.69, 9.17) is 11.5 Å². The van der Waals surface area contributed by atoms with Gasteiger partial charge >= 0.3 is 0 Å². The molecule has 1 aromatic rings. The van der Waals surface area contributed by atoms with Crippen LogP contribution in [0.25, 0.3) is 0 Å². The minimum atomic E-state index is -1.12. The van der Waals surface area contributed by atoms with Gasteiger partial charge in [-0.05, 0) is 18.2 Å². The maximum atomic E-state index is 9.82. The van der Waals surface area contributed by atoms with E-state index in [2.05, 4.69) is 0 Å². The molecule has 0 saturated carbocycles. The zero-order valence-corrected chi connectivity index (χ0v) is 8.67. The molecule has 1 atom stereocenters. The SMILES string of the molecule is NC1(N)C=CC(c2ccccc2O)C(O)=C1. The number of benzene rings is 1. The van der Waals surface area contributed by atoms with Crippen molar-refractivity contribution in [3.63, 3.8) is 0 Å². The van der Waals surface area contributed by atoms with Gasteiger partial charge in [-0.3, -0.25) is 0 Å². The average molecular weight is 218 g/mol. The van der Waals surface area contributed by atoms with Gasteiger partial charge < -0.3 is 21.7 Å². The summed E-state index contributed by atoms with van der Waals surface area (Å²) in [4.78, 5) is 0. The van der Waals surface area contributed by atoms with Crippen LogP contribution in [0.3, 0.4) is 0 Å². The predicted octanol–water partition coefficient (Wildman–Crippen LogP) is 1.10. The van der Waals surface area contributed by atoms with Gasteiger partial charge in [0.2, 0.25) is 0 Å². The molecule has 16 heavy (non-hydrogen) atoms. The molecule has 0 aliphatic heterocycles. The smallest absolute Gasteiger partial charge is 0.119 e. The van der Waals surface area contributed by atoms with Crippen molar-refractivity contribution in [1.82, 2.24) is 0 Å². The van der Waals surface area contributed by atoms with Gasteiger partial charge in [-0.2, -0.15) is 0 Å². The van der Waals surface area contributed by atoms with Crippen molar-refractivity contribution in [3.05, 3.63) is 53.8 Å². The molecular formula is C12H14N2O2. The number of hydrogen-bond acceptors (Lipinski definition) is 4. The molecule has 0 radical (unpaired) electrons. The van der Waals surface area contributed by atoms with E-state index in [1.54, 1.807) is 36.4 Å². The highest BCUT2D eigenvalue weighted by Crippen LogP contribution is 2.33. The van der Waals surface area contributed by atoms with Crippen LogP contribution in [0.4, 0.5) is 0 Å². The standard InChI is InChI=1S/C12H14N2O2/c13-12(14)6-5-9(11(16)7-12)8-3-1-2-4-10(8)15/h1-7,9,15-16H,13-14H2. The van der Waals surface area contributed by atoms with Crippen molar-refractivity contribution in [2.75, 3.05) is 0 Å². The quantitative estimate of drug-likeness (QED) is 0.419. The lowest BCUT2D eigenvalue weighted by atomic mass is 9.89. The summed E-state index contributed by atoms with van der Waals surface area (Å²) in [6, 6.07) is 6.84. The van der Waals surface area contributed by atoms with Crippen LogP contribution in [-0.2, 0) is 0 Å². The molecule has 4 heteroatoms. The number of aromatic hydroxyl groups is 1. The first kappa shape index (κ1) is 10.7. The van der Waals surface area contributed by atoms with E-state index in [0.29, 0.717) is 5.56 Å². The van der Waals surface area contributed by atoms with Crippen LogP contribution in [0.5, 0.6) is 5.75 Å². The van der Waals surface area contributed by atoms with Crippen molar-refractivity contribution < 1.29 is 10.2 Å². The Kier molecular flexibility index (Phi) is 2.46. The van der Waals surface area contributed by atoms with Crippen molar-refractivity contribution in [2.45, 2.75) is 11.6 Å². The van der Waals surface area contributed by atoms with Crippen LogP contribution >= 0.6 is 0 Å². The van der Waals surface area contributed by atoms with Gasteiger partial charge in [0.15, 0.2) is 0 Å². The molecule has 2 rings (SSSR count). The summed E-state index contributed by atoms with van der Waals surface area (Å²) >= 11 is 0. The Hall–Kier alpha value is -1.78. The topological polar surface area (TPSA) is 92.5 Å². The molecule has 6 N–H and O–H groups in total. The molecule has 1 aliphatic rings. The second kappa shape index (κ2) is 3.66. The van der Waals surface area contributed by atoms with Crippen LogP contribution in [0, 0.1) is 0 Å². The predicted molar refractivity (Wildman–Crippen MR) is 61.8 cm³/mol. The lowest BCUT2D eigenvalue weighted by Gasteiger charge is -2.25. The van der Waals surface area contributed by atoms with Gasteiger partial charge in [0.25, 0.3) is 0 Å². The number of rotatable bonds is 1. The molecule has 4 nitrogen and oxygen atoms in total. The number of aliphatic hydroxyl groups is 1. The summed E-state index contributed by atoms with van der Waals surface area (Å²) in [5.74, 6) is -0.200. The summed E-state index contributed by atoms with van der Waals surface area (Å²) in [7, 11) is 0. The fourth-order valence-electron chi connectivity index (χ4n) is 1.77. The molecule has 0 heterocycles. The largest absolute Gasteiger partial charge is 0.512 e. The molecule has 0 amide bonds. The Balaban J connectivity index is 2.39. The summed E-state index contributed by atoms with van der Waals surface area (Å²) in [5.41, 5.74) is 10.8. The van der Waals surface area contributed by atoms with Gasteiger partial charge in [0.1, 0.15) is 17.2 Å². The maximum absolute atomic E-state index is 9.82. The number of allylic oxidation sites excluding steroid dienone is 1. The van der Waals surface area contributed by atoms with Gasteiger partial charge in [-0.15, -0.1) is 0 Å². The maximum Gasteiger partial charge on any atom is 0.119 e. The normalized spacial score (nSPS) is 22.9. The lowest BCUT2D eigenvalue weighted by molar-refractivity contribution is 0.365. The van der Waals surface area contributed by atoms with Gasteiger partial charge in [-0.25, -0.2) is 0 Å². The van der Waals surface area contributed by atoms with Gasteiger partial charge in [-0.1, -0.05) is 24.3 Å². The number of para-hydroxylation sites is 1. The van der Waals surface area contributed by atoms with E-state index in [1.165, 1.54) is 6.08 Å². The number of phenolic OH excluding ortho intramolecular Hbond substituents is 1. The first-order valence-electron chi connectivity index (χ1n) is 4.96. The molecule has 84 valence electrons. The van der Waals surface area contributed by atoms with E-state index >= 15 is 0 Å². The second-order valence-electron chi connectivity index (χ2n) is 3.96. The second-order valence-corrected chi connectivity index (χ2v) is 3.96. The van der Waals surface area contributed by atoms with E-state index in [-0.39, 0.29) is 17.4 Å². The number of phenols is 1. The average Bonchev–Trinajstić information content (AvgIpc) is 2.18. The van der Waals surface area contributed by atoms with Crippen molar-refractivity contribution in [1.29, 1.82) is 0 Å². The lowest BCUT2D eigenvalue weighted by Crippen LogP contribution is -2.47. The van der Waals surface area contributed by atoms with Gasteiger partial charge in [0.05, 0.1) is 5.92 Å². The van der Waals surface area contributed by atoms with Crippen LogP contribution in [-0.4, -0.2) is 15.9 Å². The monoisotopic (exact) mass is 218 g/mol. The number of aliphatic hydroxyl groups excluding tert-OH is 1. The number of nitrogens with two attached hydrogens (primary N) is 2. The fourth-order valence-corrected chi connectivity index (χ4v) is 1.77. The van der Waals surface area contributed by atoms with Crippen LogP contribution in [0.2, 0.25) is 0 Å². The van der Waals surface area contributed by atoms with Crippen LogP contribution in [0.15, 0.2) is 48.3 Å². The van der Waals surface area contributed by atoms with Crippen molar-refractivity contribution >= 4 is 0 Å². The van der Waals surface area contributed by atoms with E-state index < -0.39 is 5.66 Å². The third-order valence-electron chi connectivity index (χ3n) is 2.57. The van der Waals surface area contributed by atoms with Crippen LogP contribution in [0.1, 0.15) is 11.5 Å². The van der Waals surface area contributed by atoms with E-state index in [1.807, 2.05) is 0 Å². The Morgan fingerprint density at radius 1 is 1.12 bits per heavy atom. The highest BCUT2D eigenvalue weighted by molar-refractivity contribution is 5.44. The summed E-state index contributed by atoms with van der Waals surface area (Å²) < 4.78 is 0. The molecule has 0 fully saturated rings. The molecular weight excluding hydrogens is 204 g/mol. The number of hydrogen-bond donors (Lipinski definition) is 4. The van der Waals surface area contributed by atoms with E-state index in [9.17, 15) is 10.2 Å². The highest BCUT2D eigenvalue weighted by Gasteiger charge is 2.25. The Labute approximate surface area is 93.5 Å². The molecule has 0 spiro atoms. The Morgan fingerprint density at radius 2 is 1.81 bits per heavy atom. The minimum absolute atomic E-state index is 0.0500. The summed E-state index contributed by atoms with van der Waals surface area (Å²) in [6.45, 7) is 0. The molecule has 0 bridgehead atoms. The Morgan fingerprint density at radius 3 is 2.44 bits per heavy atom. The third-order valence-corrected chi connectivity index (χ3v) is 2.57. The third kappa shape index (κ3) is 1.93. The molecule has 0 saturated heterocycles. The minimum Gasteiger partial charge on any atom is -0.512 e. The molecule has 0 aromatic heterocycles. The zero-order valence-electron chi connectivity index (χ0n) is 8.67. The highest BCUT2D eigenvalue weighted by atomic mass is 16.3. The first-order chi connectivity index (χ1) is 7.49. The molecule has 1 unspecified atom stereocenters. The Bertz CT molecular complexity index is 464. The van der Waals surface area contributed by atoms with E-state index in [0.717, 1.165) is 0 Å².